The summed E-state index contributed by atoms with van der Waals surface area (Å²) in [7, 11) is 0. The third-order valence-corrected chi connectivity index (χ3v) is 8.65. The van der Waals surface area contributed by atoms with Gasteiger partial charge in [0.15, 0.2) is 5.82 Å². The predicted molar refractivity (Wildman–Crippen MR) is 184 cm³/mol. The molecule has 7 aromatic carbocycles. The zero-order chi connectivity index (χ0) is 29.0. The molecule has 0 aliphatic heterocycles. The molecule has 0 radical (unpaired) electrons. The molecule has 3 nitrogen and oxygen atoms in total. The van der Waals surface area contributed by atoms with Crippen LogP contribution in [0.3, 0.4) is 0 Å². The molecule has 0 aliphatic carbocycles. The normalized spacial score (nSPS) is 11.6. The van der Waals surface area contributed by atoms with Gasteiger partial charge in [0.05, 0.1) is 22.2 Å². The average molecular weight is 560 g/mol. The van der Waals surface area contributed by atoms with Crippen LogP contribution in [0.15, 0.2) is 152 Å². The van der Waals surface area contributed by atoms with Gasteiger partial charge in [-0.05, 0) is 28.5 Å². The maximum absolute atomic E-state index is 5.16. The van der Waals surface area contributed by atoms with Crippen LogP contribution in [0.5, 0.6) is 0 Å². The smallest absolute Gasteiger partial charge is 0.160 e. The molecular formula is C41H25N3. The zero-order valence-corrected chi connectivity index (χ0v) is 23.8. The lowest BCUT2D eigenvalue weighted by Gasteiger charge is -2.14. The van der Waals surface area contributed by atoms with Crippen LogP contribution >= 0.6 is 0 Å². The highest BCUT2D eigenvalue weighted by Crippen LogP contribution is 2.39. The van der Waals surface area contributed by atoms with Gasteiger partial charge >= 0.3 is 0 Å². The summed E-state index contributed by atoms with van der Waals surface area (Å²) in [6, 6.07) is 53.2. The van der Waals surface area contributed by atoms with Gasteiger partial charge in [0, 0.05) is 43.6 Å². The Balaban J connectivity index is 1.28. The van der Waals surface area contributed by atoms with E-state index in [4.69, 9.17) is 15.0 Å². The van der Waals surface area contributed by atoms with Crippen LogP contribution < -0.4 is 0 Å². The lowest BCUT2D eigenvalue weighted by atomic mass is 9.93. The lowest BCUT2D eigenvalue weighted by Crippen LogP contribution is -1.96. The third-order valence-electron chi connectivity index (χ3n) is 8.65. The van der Waals surface area contributed by atoms with E-state index in [1.54, 1.807) is 0 Å². The zero-order valence-electron chi connectivity index (χ0n) is 23.8. The number of nitrogens with zero attached hydrogens (tertiary/aromatic N) is 3. The maximum atomic E-state index is 5.16. The summed E-state index contributed by atoms with van der Waals surface area (Å²) in [6.07, 6.45) is 0. The molecule has 9 aromatic rings. The van der Waals surface area contributed by atoms with E-state index in [1.165, 1.54) is 21.7 Å². The molecule has 0 saturated heterocycles. The first-order valence-corrected chi connectivity index (χ1v) is 14.9. The molecule has 0 bridgehead atoms. The molecule has 204 valence electrons. The van der Waals surface area contributed by atoms with Gasteiger partial charge in [0.1, 0.15) is 0 Å². The minimum Gasteiger partial charge on any atom is -0.247 e. The Kier molecular flexibility index (Phi) is 5.50. The van der Waals surface area contributed by atoms with E-state index in [0.29, 0.717) is 0 Å². The maximum Gasteiger partial charge on any atom is 0.160 e. The second-order valence-corrected chi connectivity index (χ2v) is 11.2. The van der Waals surface area contributed by atoms with Crippen LogP contribution in [-0.4, -0.2) is 15.0 Å². The van der Waals surface area contributed by atoms with Gasteiger partial charge in [-0.2, -0.15) is 0 Å². The topological polar surface area (TPSA) is 38.7 Å². The molecule has 2 aromatic heterocycles. The molecule has 44 heavy (non-hydrogen) atoms. The Morgan fingerprint density at radius 3 is 1.61 bits per heavy atom. The van der Waals surface area contributed by atoms with Gasteiger partial charge in [-0.1, -0.05) is 140 Å². The summed E-state index contributed by atoms with van der Waals surface area (Å²) in [5.74, 6) is 0.728. The van der Waals surface area contributed by atoms with Gasteiger partial charge in [-0.3, -0.25) is 0 Å². The minimum absolute atomic E-state index is 0.728. The van der Waals surface area contributed by atoms with Crippen LogP contribution in [0, 0.1) is 0 Å². The first-order valence-electron chi connectivity index (χ1n) is 14.9. The number of rotatable bonds is 3. The molecule has 0 N–H and O–H groups in total. The van der Waals surface area contributed by atoms with E-state index in [2.05, 4.69) is 133 Å². The van der Waals surface area contributed by atoms with Crippen molar-refractivity contribution in [3.63, 3.8) is 0 Å². The fourth-order valence-electron chi connectivity index (χ4n) is 6.53. The van der Waals surface area contributed by atoms with Crippen molar-refractivity contribution in [2.75, 3.05) is 0 Å². The summed E-state index contributed by atoms with van der Waals surface area (Å²) >= 11 is 0. The highest BCUT2D eigenvalue weighted by Gasteiger charge is 2.16. The van der Waals surface area contributed by atoms with E-state index in [0.717, 1.165) is 66.3 Å². The van der Waals surface area contributed by atoms with E-state index >= 15 is 0 Å². The fraction of sp³-hybridized carbons (Fsp3) is 0. The average Bonchev–Trinajstić information content (AvgIpc) is 3.10. The number of para-hydroxylation sites is 1. The summed E-state index contributed by atoms with van der Waals surface area (Å²) in [6.45, 7) is 0. The molecule has 9 rings (SSSR count). The molecule has 0 spiro atoms. The Morgan fingerprint density at radius 1 is 0.318 bits per heavy atom. The Bertz CT molecular complexity index is 2540. The largest absolute Gasteiger partial charge is 0.247 e. The molecule has 3 heteroatoms. The Labute approximate surface area is 254 Å². The Morgan fingerprint density at radius 2 is 0.886 bits per heavy atom. The van der Waals surface area contributed by atoms with Crippen molar-refractivity contribution >= 4 is 54.3 Å². The van der Waals surface area contributed by atoms with Crippen molar-refractivity contribution in [3.05, 3.63) is 152 Å². The van der Waals surface area contributed by atoms with Crippen molar-refractivity contribution in [1.82, 2.24) is 15.0 Å². The van der Waals surface area contributed by atoms with E-state index in [-0.39, 0.29) is 0 Å². The summed E-state index contributed by atoms with van der Waals surface area (Å²) in [4.78, 5) is 15.4. The van der Waals surface area contributed by atoms with Crippen LogP contribution in [0.1, 0.15) is 0 Å². The van der Waals surface area contributed by atoms with Crippen molar-refractivity contribution < 1.29 is 0 Å². The number of benzene rings is 7. The van der Waals surface area contributed by atoms with E-state index in [9.17, 15) is 0 Å². The van der Waals surface area contributed by atoms with Crippen LogP contribution in [-0.2, 0) is 0 Å². The molecule has 0 saturated carbocycles. The molecule has 0 atom stereocenters. The highest BCUT2D eigenvalue weighted by atomic mass is 14.9. The monoisotopic (exact) mass is 559 g/mol. The van der Waals surface area contributed by atoms with Crippen molar-refractivity contribution in [3.8, 4) is 33.8 Å². The molecule has 0 unspecified atom stereocenters. The number of pyridine rings is 1. The van der Waals surface area contributed by atoms with Crippen LogP contribution in [0.4, 0.5) is 0 Å². The summed E-state index contributed by atoms with van der Waals surface area (Å²) in [5, 5.41) is 8.01. The quantitative estimate of drug-likeness (QED) is 0.160. The first-order chi connectivity index (χ1) is 21.8. The molecule has 2 heterocycles. The molecule has 0 amide bonds. The van der Waals surface area contributed by atoms with Crippen LogP contribution in [0.2, 0.25) is 0 Å². The summed E-state index contributed by atoms with van der Waals surface area (Å²) < 4.78 is 0. The van der Waals surface area contributed by atoms with Crippen molar-refractivity contribution in [1.29, 1.82) is 0 Å². The predicted octanol–water partition coefficient (Wildman–Crippen LogP) is 10.6. The second-order valence-electron chi connectivity index (χ2n) is 11.2. The lowest BCUT2D eigenvalue weighted by molar-refractivity contribution is 1.23. The standard InChI is InChI=1S/C41H25N3/c1-2-12-30(13-3-1)41-43-38(35-25-23-27-11-5-7-15-32(27)40(35)44-41)29-20-18-28(19-21-29)37-33-16-8-9-17-36(33)42-39-31-14-6-4-10-26(31)22-24-34(37)39/h1-25H. The number of hydrogen-bond acceptors (Lipinski definition) is 3. The Hall–Kier alpha value is -5.93. The number of aromatic nitrogens is 3. The van der Waals surface area contributed by atoms with Crippen LogP contribution in [0.25, 0.3) is 88.0 Å². The molecule has 0 aliphatic rings. The van der Waals surface area contributed by atoms with Gasteiger partial charge in [0.2, 0.25) is 0 Å². The molecule has 0 fully saturated rings. The summed E-state index contributed by atoms with van der Waals surface area (Å²) in [5.41, 5.74) is 8.34. The minimum atomic E-state index is 0.728. The third kappa shape index (κ3) is 3.87. The fourth-order valence-corrected chi connectivity index (χ4v) is 6.53. The molecular weight excluding hydrogens is 534 g/mol. The SMILES string of the molecule is c1ccc(-c2nc(-c3ccc(-c4c5ccccc5nc5c4ccc4ccccc45)cc3)c3ccc4ccccc4c3n2)cc1. The van der Waals surface area contributed by atoms with Gasteiger partial charge in [-0.25, -0.2) is 15.0 Å². The van der Waals surface area contributed by atoms with Gasteiger partial charge in [0.25, 0.3) is 0 Å². The number of fused-ring (bicyclic) bond motifs is 7. The van der Waals surface area contributed by atoms with E-state index < -0.39 is 0 Å². The first kappa shape index (κ1) is 24.6. The van der Waals surface area contributed by atoms with Gasteiger partial charge in [-0.15, -0.1) is 0 Å². The van der Waals surface area contributed by atoms with Gasteiger partial charge < -0.3 is 0 Å². The van der Waals surface area contributed by atoms with Crippen molar-refractivity contribution in [2.24, 2.45) is 0 Å². The highest BCUT2D eigenvalue weighted by molar-refractivity contribution is 6.17. The number of hydrogen-bond donors (Lipinski definition) is 0. The van der Waals surface area contributed by atoms with E-state index in [1.807, 2.05) is 18.2 Å². The van der Waals surface area contributed by atoms with Crippen molar-refractivity contribution in [2.45, 2.75) is 0 Å². The second kappa shape index (κ2) is 9.82.